The average molecular weight is 378 g/mol. The fourth-order valence-electron chi connectivity index (χ4n) is 2.54. The van der Waals surface area contributed by atoms with Gasteiger partial charge in [0.15, 0.2) is 17.2 Å². The molecule has 0 bridgehead atoms. The third kappa shape index (κ3) is 4.07. The summed E-state index contributed by atoms with van der Waals surface area (Å²) in [5, 5.41) is 10.9. The van der Waals surface area contributed by atoms with Crippen LogP contribution in [0.3, 0.4) is 0 Å². The quantitative estimate of drug-likeness (QED) is 0.373. The molecule has 8 nitrogen and oxygen atoms in total. The number of H-pyrrole nitrogens is 1. The molecular weight excluding hydrogens is 360 g/mol. The van der Waals surface area contributed by atoms with Gasteiger partial charge in [-0.3, -0.25) is 9.59 Å². The summed E-state index contributed by atoms with van der Waals surface area (Å²) in [5.41, 5.74) is 2.82. The van der Waals surface area contributed by atoms with E-state index in [0.29, 0.717) is 34.4 Å². The van der Waals surface area contributed by atoms with Crippen LogP contribution in [0, 0.1) is 0 Å². The van der Waals surface area contributed by atoms with Crippen molar-refractivity contribution in [3.8, 4) is 11.5 Å². The van der Waals surface area contributed by atoms with E-state index in [-0.39, 0.29) is 11.3 Å². The maximum Gasteiger partial charge on any atom is 0.292 e. The van der Waals surface area contributed by atoms with Crippen LogP contribution in [-0.2, 0) is 0 Å². The van der Waals surface area contributed by atoms with Gasteiger partial charge >= 0.3 is 0 Å². The van der Waals surface area contributed by atoms with Gasteiger partial charge in [-0.1, -0.05) is 30.9 Å². The molecule has 3 rings (SSSR count). The molecule has 0 fully saturated rings. The number of methoxy groups -OCH3 is 1. The van der Waals surface area contributed by atoms with Gasteiger partial charge in [-0.25, -0.2) is 10.5 Å². The number of hydrazone groups is 1. The van der Waals surface area contributed by atoms with Crippen LogP contribution in [-0.4, -0.2) is 36.0 Å². The maximum absolute atomic E-state index is 12.4. The first-order valence-electron chi connectivity index (χ1n) is 8.36. The van der Waals surface area contributed by atoms with Crippen LogP contribution in [0.4, 0.5) is 0 Å². The zero-order chi connectivity index (χ0) is 19.9. The van der Waals surface area contributed by atoms with Gasteiger partial charge in [0, 0.05) is 5.39 Å². The number of benzene rings is 2. The summed E-state index contributed by atoms with van der Waals surface area (Å²) in [6, 6.07) is 12.0. The summed E-state index contributed by atoms with van der Waals surface area (Å²) in [6.45, 7) is 3.96. The lowest BCUT2D eigenvalue weighted by Crippen LogP contribution is -2.22. The highest BCUT2D eigenvalue weighted by molar-refractivity contribution is 6.04. The van der Waals surface area contributed by atoms with Crippen LogP contribution in [0.1, 0.15) is 16.1 Å². The Morgan fingerprint density at radius 3 is 2.79 bits per heavy atom. The lowest BCUT2D eigenvalue weighted by Gasteiger charge is -2.09. The van der Waals surface area contributed by atoms with Crippen LogP contribution in [0.25, 0.3) is 10.8 Å². The number of hydrogen-bond acceptors (Lipinski definition) is 6. The third-order valence-corrected chi connectivity index (χ3v) is 3.84. The highest BCUT2D eigenvalue weighted by Crippen LogP contribution is 2.27. The maximum atomic E-state index is 12.4. The smallest absolute Gasteiger partial charge is 0.292 e. The molecule has 2 N–H and O–H groups in total. The topological polar surface area (TPSA) is 106 Å². The molecule has 0 aliphatic rings. The molecule has 1 aromatic heterocycles. The number of carbonyl (C=O) groups is 1. The molecule has 0 spiro atoms. The van der Waals surface area contributed by atoms with Gasteiger partial charge in [0.1, 0.15) is 6.61 Å². The van der Waals surface area contributed by atoms with Crippen LogP contribution in [0.2, 0.25) is 0 Å². The van der Waals surface area contributed by atoms with E-state index in [4.69, 9.17) is 9.47 Å². The number of carbonyl (C=O) groups excluding carboxylic acids is 1. The van der Waals surface area contributed by atoms with E-state index in [9.17, 15) is 9.59 Å². The van der Waals surface area contributed by atoms with Gasteiger partial charge in [-0.05, 0) is 29.8 Å². The zero-order valence-electron chi connectivity index (χ0n) is 15.1. The number of ether oxygens (including phenoxy) is 2. The lowest BCUT2D eigenvalue weighted by atomic mass is 10.1. The minimum atomic E-state index is -0.540. The van der Waals surface area contributed by atoms with Crippen molar-refractivity contribution in [2.75, 3.05) is 13.7 Å². The van der Waals surface area contributed by atoms with Crippen molar-refractivity contribution in [2.45, 2.75) is 0 Å². The second-order valence-electron chi connectivity index (χ2n) is 5.66. The van der Waals surface area contributed by atoms with Crippen molar-refractivity contribution in [3.05, 3.63) is 76.7 Å². The molecule has 0 aliphatic heterocycles. The van der Waals surface area contributed by atoms with E-state index in [1.807, 2.05) is 0 Å². The van der Waals surface area contributed by atoms with Crippen molar-refractivity contribution < 1.29 is 14.3 Å². The minimum Gasteiger partial charge on any atom is -0.493 e. The SMILES string of the molecule is C=CCOc1ccc(/C=N\NC(=O)c2n[nH]c(=O)c3ccccc23)cc1OC. The molecule has 2 aromatic carbocycles. The summed E-state index contributed by atoms with van der Waals surface area (Å²) in [4.78, 5) is 24.2. The summed E-state index contributed by atoms with van der Waals surface area (Å²) in [6.07, 6.45) is 3.10. The lowest BCUT2D eigenvalue weighted by molar-refractivity contribution is 0.0951. The van der Waals surface area contributed by atoms with Gasteiger partial charge < -0.3 is 9.47 Å². The van der Waals surface area contributed by atoms with E-state index < -0.39 is 5.91 Å². The first-order chi connectivity index (χ1) is 13.6. The average Bonchev–Trinajstić information content (AvgIpc) is 2.73. The molecule has 1 heterocycles. The standard InChI is InChI=1S/C20H18N4O4/c1-3-10-28-16-9-8-13(11-17(16)27-2)12-21-23-20(26)18-14-6-4-5-7-15(14)19(25)24-22-18/h3-9,11-12H,1,10H2,2H3,(H,23,26)(H,24,25)/b21-12-. The van der Waals surface area contributed by atoms with Crippen LogP contribution >= 0.6 is 0 Å². The molecule has 1 amide bonds. The Balaban J connectivity index is 1.76. The Kier molecular flexibility index (Phi) is 5.81. The van der Waals surface area contributed by atoms with Gasteiger partial charge in [-0.2, -0.15) is 10.2 Å². The number of nitrogens with one attached hydrogen (secondary N) is 2. The molecule has 8 heteroatoms. The van der Waals surface area contributed by atoms with Crippen molar-refractivity contribution in [1.82, 2.24) is 15.6 Å². The molecule has 0 radical (unpaired) electrons. The number of nitrogens with zero attached hydrogens (tertiary/aromatic N) is 2. The predicted molar refractivity (Wildman–Crippen MR) is 106 cm³/mol. The van der Waals surface area contributed by atoms with Gasteiger partial charge in [0.25, 0.3) is 11.5 Å². The van der Waals surface area contributed by atoms with Gasteiger partial charge in [0.2, 0.25) is 0 Å². The Morgan fingerprint density at radius 1 is 1.25 bits per heavy atom. The van der Waals surface area contributed by atoms with E-state index in [0.717, 1.165) is 0 Å². The number of aromatic amines is 1. The summed E-state index contributed by atoms with van der Waals surface area (Å²) < 4.78 is 10.8. The van der Waals surface area contributed by atoms with E-state index in [1.54, 1.807) is 48.5 Å². The second-order valence-corrected chi connectivity index (χ2v) is 5.66. The molecule has 0 saturated carbocycles. The molecule has 0 atom stereocenters. The monoisotopic (exact) mass is 378 g/mol. The Bertz CT molecular complexity index is 1100. The first-order valence-corrected chi connectivity index (χ1v) is 8.36. The van der Waals surface area contributed by atoms with E-state index in [1.165, 1.54) is 13.3 Å². The molecule has 142 valence electrons. The number of aromatic nitrogens is 2. The third-order valence-electron chi connectivity index (χ3n) is 3.84. The Hall–Kier alpha value is -3.94. The Labute approximate surface area is 160 Å². The first kappa shape index (κ1) is 18.8. The zero-order valence-corrected chi connectivity index (χ0v) is 15.1. The number of rotatable bonds is 7. The highest BCUT2D eigenvalue weighted by atomic mass is 16.5. The fraction of sp³-hybridized carbons (Fsp3) is 0.100. The van der Waals surface area contributed by atoms with Crippen LogP contribution in [0.5, 0.6) is 11.5 Å². The molecule has 0 unspecified atom stereocenters. The molecule has 0 aliphatic carbocycles. The summed E-state index contributed by atoms with van der Waals surface area (Å²) in [5.74, 6) is 0.569. The number of amides is 1. The van der Waals surface area contributed by atoms with Crippen molar-refractivity contribution in [1.29, 1.82) is 0 Å². The van der Waals surface area contributed by atoms with Gasteiger partial charge in [0.05, 0.1) is 18.7 Å². The minimum absolute atomic E-state index is 0.0816. The molecule has 0 saturated heterocycles. The van der Waals surface area contributed by atoms with Gasteiger partial charge in [-0.15, -0.1) is 0 Å². The fourth-order valence-corrected chi connectivity index (χ4v) is 2.54. The highest BCUT2D eigenvalue weighted by Gasteiger charge is 2.13. The number of hydrogen-bond donors (Lipinski definition) is 2. The molecule has 3 aromatic rings. The normalized spacial score (nSPS) is 10.8. The molecular formula is C20H18N4O4. The molecule has 28 heavy (non-hydrogen) atoms. The number of fused-ring (bicyclic) bond motifs is 1. The van der Waals surface area contributed by atoms with Crippen molar-refractivity contribution >= 4 is 22.9 Å². The van der Waals surface area contributed by atoms with E-state index >= 15 is 0 Å². The summed E-state index contributed by atoms with van der Waals surface area (Å²) >= 11 is 0. The largest absolute Gasteiger partial charge is 0.493 e. The van der Waals surface area contributed by atoms with Crippen molar-refractivity contribution in [3.63, 3.8) is 0 Å². The van der Waals surface area contributed by atoms with E-state index in [2.05, 4.69) is 27.3 Å². The Morgan fingerprint density at radius 2 is 2.04 bits per heavy atom. The predicted octanol–water partition coefficient (Wildman–Crippen LogP) is 2.26. The second kappa shape index (κ2) is 8.63. The van der Waals surface area contributed by atoms with Crippen molar-refractivity contribution in [2.24, 2.45) is 5.10 Å². The van der Waals surface area contributed by atoms with Crippen LogP contribution in [0.15, 0.2) is 65.0 Å². The summed E-state index contributed by atoms with van der Waals surface area (Å²) in [7, 11) is 1.53. The van der Waals surface area contributed by atoms with Crippen LogP contribution < -0.4 is 20.5 Å².